The summed E-state index contributed by atoms with van der Waals surface area (Å²) in [6, 6.07) is 11.3. The van der Waals surface area contributed by atoms with Gasteiger partial charge in [0.25, 0.3) is 0 Å². The molecule has 1 aromatic heterocycles. The first-order chi connectivity index (χ1) is 19.5. The van der Waals surface area contributed by atoms with Gasteiger partial charge in [0.1, 0.15) is 0 Å². The molecule has 0 radical (unpaired) electrons. The molecule has 1 heterocycles. The molecular weight excluding hydrogens is 410 g/mol. The van der Waals surface area contributed by atoms with Crippen molar-refractivity contribution in [3.8, 4) is 22.4 Å². The summed E-state index contributed by atoms with van der Waals surface area (Å²) in [5, 5.41) is 0. The van der Waals surface area contributed by atoms with Crippen LogP contribution in [0.25, 0.3) is 22.4 Å². The lowest BCUT2D eigenvalue weighted by Crippen LogP contribution is -2.16. The molecule has 0 N–H and O–H groups in total. The zero-order valence-corrected chi connectivity index (χ0v) is 22.1. The first-order valence-corrected chi connectivity index (χ1v) is 11.8. The van der Waals surface area contributed by atoms with Crippen LogP contribution in [0.2, 0.25) is 0 Å². The monoisotopic (exact) mass is 465 g/mol. The van der Waals surface area contributed by atoms with Crippen LogP contribution in [0, 0.1) is 24.5 Å². The van der Waals surface area contributed by atoms with E-state index in [1.54, 1.807) is 71.9 Å². The van der Waals surface area contributed by atoms with E-state index in [9.17, 15) is 0 Å². The van der Waals surface area contributed by atoms with Crippen LogP contribution in [-0.4, -0.2) is 4.98 Å². The second-order valence-corrected chi connectivity index (χ2v) is 12.1. The highest BCUT2D eigenvalue weighted by Gasteiger charge is 2.20. The Morgan fingerprint density at radius 3 is 1.94 bits per heavy atom. The number of rotatable bonds is 4. The van der Waals surface area contributed by atoms with Crippen LogP contribution in [-0.2, 0) is 18.2 Å². The van der Waals surface area contributed by atoms with Crippen molar-refractivity contribution in [1.82, 2.24) is 4.98 Å². The molecule has 0 fully saturated rings. The molecule has 0 bridgehead atoms. The van der Waals surface area contributed by atoms with Crippen molar-refractivity contribution in [3.05, 3.63) is 76.5 Å². The van der Waals surface area contributed by atoms with E-state index in [0.717, 1.165) is 5.56 Å². The van der Waals surface area contributed by atoms with Gasteiger partial charge in [-0.15, -0.1) is 0 Å². The summed E-state index contributed by atoms with van der Waals surface area (Å²) in [5.41, 5.74) is 0.330. The second kappa shape index (κ2) is 9.33. The highest BCUT2D eigenvalue weighted by molar-refractivity contribution is 5.76. The third kappa shape index (κ3) is 6.59. The fraction of sp³-hybridized carbons (Fsp3) is 0.485. The third-order valence-corrected chi connectivity index (χ3v) is 5.41. The van der Waals surface area contributed by atoms with E-state index >= 15 is 0 Å². The lowest BCUT2D eigenvalue weighted by atomic mass is 9.81. The molecule has 34 heavy (non-hydrogen) atoms. The average molecular weight is 466 g/mol. The molecule has 0 aliphatic rings. The van der Waals surface area contributed by atoms with Crippen LogP contribution in [0.15, 0.2) is 48.7 Å². The minimum atomic E-state index is -2.54. The van der Waals surface area contributed by atoms with E-state index < -0.39 is 37.3 Å². The zero-order valence-electron chi connectivity index (χ0n) is 32.1. The summed E-state index contributed by atoms with van der Waals surface area (Å²) in [4.78, 5) is 4.57. The minimum absolute atomic E-state index is 0.0128. The molecule has 182 valence electrons. The fourth-order valence-corrected chi connectivity index (χ4v) is 3.80. The maximum Gasteiger partial charge on any atom is 0.0705 e. The van der Waals surface area contributed by atoms with Gasteiger partial charge in [-0.05, 0) is 93.8 Å². The third-order valence-electron chi connectivity index (χ3n) is 5.41. The summed E-state index contributed by atoms with van der Waals surface area (Å²) >= 11 is 0. The van der Waals surface area contributed by atoms with E-state index in [1.165, 1.54) is 12.3 Å². The Hall–Kier alpha value is -2.41. The summed E-state index contributed by atoms with van der Waals surface area (Å²) in [6.45, 7) is 11.4. The molecular formula is C33H45N. The largest absolute Gasteiger partial charge is 0.256 e. The topological polar surface area (TPSA) is 12.9 Å². The standard InChI is InChI=1S/C33H45N/c1-22-12-13-24(17-29(22)28-15-14-27(16-23(28)2)33(9,10)11)30-18-25(19-31(3,4)5)26(21-34-30)20-32(6,7)8/h12-18,21H,19-20H2,1-11H3/i1D3,2D3,19D2,20D2. The maximum atomic E-state index is 9.10. The van der Waals surface area contributed by atoms with Crippen LogP contribution in [0.4, 0.5) is 0 Å². The van der Waals surface area contributed by atoms with E-state index in [-0.39, 0.29) is 38.8 Å². The van der Waals surface area contributed by atoms with Crippen molar-refractivity contribution in [2.45, 2.75) is 94.2 Å². The molecule has 1 nitrogen and oxygen atoms in total. The normalized spacial score (nSPS) is 18.7. The zero-order chi connectivity index (χ0) is 34.1. The molecule has 0 aliphatic carbocycles. The Morgan fingerprint density at radius 1 is 0.706 bits per heavy atom. The average Bonchev–Trinajstić information content (AvgIpc) is 2.84. The smallest absolute Gasteiger partial charge is 0.0705 e. The number of aromatic nitrogens is 1. The van der Waals surface area contributed by atoms with Gasteiger partial charge < -0.3 is 0 Å². The van der Waals surface area contributed by atoms with Gasteiger partial charge in [0, 0.05) is 25.5 Å². The fourth-order valence-electron chi connectivity index (χ4n) is 3.80. The number of pyridine rings is 1. The van der Waals surface area contributed by atoms with Gasteiger partial charge in [0.05, 0.1) is 5.69 Å². The van der Waals surface area contributed by atoms with Gasteiger partial charge in [-0.2, -0.15) is 0 Å². The molecule has 0 spiro atoms. The number of nitrogens with zero attached hydrogens (tertiary/aromatic N) is 1. The molecule has 0 atom stereocenters. The Bertz CT molecular complexity index is 1530. The molecule has 0 unspecified atom stereocenters. The van der Waals surface area contributed by atoms with Crippen molar-refractivity contribution in [1.29, 1.82) is 0 Å². The molecule has 3 aromatic rings. The summed E-state index contributed by atoms with van der Waals surface area (Å²) in [7, 11) is 0. The predicted octanol–water partition coefficient (Wildman–Crippen LogP) is 9.51. The van der Waals surface area contributed by atoms with E-state index in [4.69, 9.17) is 13.7 Å². The molecule has 3 rings (SSSR count). The number of benzene rings is 2. The first-order valence-electron chi connectivity index (χ1n) is 16.8. The molecule has 0 saturated heterocycles. The van der Waals surface area contributed by atoms with Crippen molar-refractivity contribution < 1.29 is 13.7 Å². The van der Waals surface area contributed by atoms with Crippen molar-refractivity contribution >= 4 is 0 Å². The van der Waals surface area contributed by atoms with Crippen LogP contribution < -0.4 is 0 Å². The van der Waals surface area contributed by atoms with Gasteiger partial charge in [-0.1, -0.05) is 92.6 Å². The van der Waals surface area contributed by atoms with Gasteiger partial charge >= 0.3 is 0 Å². The van der Waals surface area contributed by atoms with Gasteiger partial charge in [0.15, 0.2) is 0 Å². The second-order valence-electron chi connectivity index (χ2n) is 12.1. The summed E-state index contributed by atoms with van der Waals surface area (Å²) in [6.07, 6.45) is -2.51. The van der Waals surface area contributed by atoms with Crippen LogP contribution >= 0.6 is 0 Å². The number of aryl methyl sites for hydroxylation is 2. The molecule has 2 aromatic carbocycles. The summed E-state index contributed by atoms with van der Waals surface area (Å²) in [5.74, 6) is 0. The van der Waals surface area contributed by atoms with Crippen molar-refractivity contribution in [2.75, 3.05) is 0 Å². The number of hydrogen-bond acceptors (Lipinski definition) is 1. The molecule has 0 saturated carbocycles. The highest BCUT2D eigenvalue weighted by atomic mass is 14.7. The van der Waals surface area contributed by atoms with Crippen LogP contribution in [0.1, 0.15) is 104 Å². The number of hydrogen-bond donors (Lipinski definition) is 0. The highest BCUT2D eigenvalue weighted by Crippen LogP contribution is 2.35. The first kappa shape index (κ1) is 15.6. The Morgan fingerprint density at radius 2 is 1.35 bits per heavy atom. The van der Waals surface area contributed by atoms with Gasteiger partial charge in [-0.25, -0.2) is 0 Å². The van der Waals surface area contributed by atoms with E-state index in [0.29, 0.717) is 11.3 Å². The predicted molar refractivity (Wildman–Crippen MR) is 150 cm³/mol. The summed E-state index contributed by atoms with van der Waals surface area (Å²) < 4.78 is 85.7. The van der Waals surface area contributed by atoms with E-state index in [2.05, 4.69) is 4.98 Å². The molecule has 0 amide bonds. The Labute approximate surface area is 223 Å². The quantitative estimate of drug-likeness (QED) is 0.374. The lowest BCUT2D eigenvalue weighted by molar-refractivity contribution is 0.392. The Kier molecular flexibility index (Phi) is 4.27. The van der Waals surface area contributed by atoms with E-state index in [1.807, 2.05) is 26.8 Å². The minimum Gasteiger partial charge on any atom is -0.256 e. The van der Waals surface area contributed by atoms with Crippen LogP contribution in [0.3, 0.4) is 0 Å². The van der Waals surface area contributed by atoms with Gasteiger partial charge in [-0.3, -0.25) is 4.98 Å². The SMILES string of the molecule is [2H]C([2H])([2H])c1ccc(-c2cc(C([2H])([2H])C(C)(C)C)c(C([2H])([2H])C(C)(C)C)cn2)cc1-c1ccc(C(C)(C)C)cc1C([2H])([2H])[2H]. The Balaban J connectivity index is 2.42. The van der Waals surface area contributed by atoms with Crippen molar-refractivity contribution in [3.63, 3.8) is 0 Å². The molecule has 0 aliphatic heterocycles. The van der Waals surface area contributed by atoms with Crippen molar-refractivity contribution in [2.24, 2.45) is 10.8 Å². The van der Waals surface area contributed by atoms with Crippen LogP contribution in [0.5, 0.6) is 0 Å². The molecule has 1 heteroatoms. The maximum absolute atomic E-state index is 9.10. The van der Waals surface area contributed by atoms with Gasteiger partial charge in [0.2, 0.25) is 0 Å². The lowest BCUT2D eigenvalue weighted by Gasteiger charge is -2.25.